The van der Waals surface area contributed by atoms with Crippen molar-refractivity contribution < 1.29 is 4.79 Å². The SMILES string of the molecule is C=CCCCCC(=O)CC=C. The fraction of sp³-hybridized carbons (Fsp3) is 0.500. The minimum Gasteiger partial charge on any atom is -0.299 e. The fourth-order valence-corrected chi connectivity index (χ4v) is 0.874. The van der Waals surface area contributed by atoms with Gasteiger partial charge in [0.15, 0.2) is 0 Å². The molecule has 1 heteroatoms. The molecule has 0 saturated carbocycles. The number of Topliss-reactive ketones (excluding diaryl/α,β-unsaturated/α-hetero) is 1. The van der Waals surface area contributed by atoms with Gasteiger partial charge in [0.25, 0.3) is 0 Å². The molecule has 0 amide bonds. The Balaban J connectivity index is 3.16. The molecule has 62 valence electrons. The van der Waals surface area contributed by atoms with E-state index in [-0.39, 0.29) is 0 Å². The molecule has 0 unspecified atom stereocenters. The first-order chi connectivity index (χ1) is 5.31. The maximum Gasteiger partial charge on any atom is 0.136 e. The zero-order valence-corrected chi connectivity index (χ0v) is 7.01. The first-order valence-corrected chi connectivity index (χ1v) is 4.04. The molecule has 0 aromatic rings. The Morgan fingerprint density at radius 1 is 1.18 bits per heavy atom. The fourth-order valence-electron chi connectivity index (χ4n) is 0.874. The first-order valence-electron chi connectivity index (χ1n) is 4.04. The molecule has 0 rings (SSSR count). The highest BCUT2D eigenvalue weighted by Crippen LogP contribution is 2.02. The van der Waals surface area contributed by atoms with Crippen LogP contribution in [-0.4, -0.2) is 5.78 Å². The molecule has 0 aliphatic carbocycles. The van der Waals surface area contributed by atoms with Crippen LogP contribution < -0.4 is 0 Å². The Kier molecular flexibility index (Phi) is 6.70. The second kappa shape index (κ2) is 7.26. The largest absolute Gasteiger partial charge is 0.299 e. The highest BCUT2D eigenvalue weighted by atomic mass is 16.1. The lowest BCUT2D eigenvalue weighted by molar-refractivity contribution is -0.118. The molecule has 11 heavy (non-hydrogen) atoms. The van der Waals surface area contributed by atoms with Gasteiger partial charge in [-0.3, -0.25) is 4.79 Å². The van der Waals surface area contributed by atoms with Crippen LogP contribution in [0.5, 0.6) is 0 Å². The summed E-state index contributed by atoms with van der Waals surface area (Å²) in [5.74, 6) is 0.295. The second-order valence-electron chi connectivity index (χ2n) is 2.57. The molecule has 0 saturated heterocycles. The molecule has 0 bridgehead atoms. The van der Waals surface area contributed by atoms with E-state index in [0.717, 1.165) is 19.3 Å². The van der Waals surface area contributed by atoms with Gasteiger partial charge < -0.3 is 0 Å². The van der Waals surface area contributed by atoms with Gasteiger partial charge in [-0.25, -0.2) is 0 Å². The van der Waals surface area contributed by atoms with Crippen LogP contribution in [0.1, 0.15) is 32.1 Å². The summed E-state index contributed by atoms with van der Waals surface area (Å²) in [4.78, 5) is 10.9. The summed E-state index contributed by atoms with van der Waals surface area (Å²) < 4.78 is 0. The van der Waals surface area contributed by atoms with Gasteiger partial charge in [0.2, 0.25) is 0 Å². The predicted molar refractivity (Wildman–Crippen MR) is 48.5 cm³/mol. The number of hydrogen-bond donors (Lipinski definition) is 0. The Bertz CT molecular complexity index is 136. The monoisotopic (exact) mass is 152 g/mol. The summed E-state index contributed by atoms with van der Waals surface area (Å²) in [5, 5.41) is 0. The number of ketones is 1. The van der Waals surface area contributed by atoms with Crippen LogP contribution in [0.15, 0.2) is 25.3 Å². The third kappa shape index (κ3) is 7.04. The molecule has 0 fully saturated rings. The lowest BCUT2D eigenvalue weighted by Crippen LogP contribution is -1.94. The van der Waals surface area contributed by atoms with Crippen molar-refractivity contribution in [2.45, 2.75) is 32.1 Å². The third-order valence-electron chi connectivity index (χ3n) is 1.49. The number of rotatable bonds is 7. The predicted octanol–water partition coefficient (Wildman–Crippen LogP) is 2.88. The highest BCUT2D eigenvalue weighted by Gasteiger charge is 1.96. The topological polar surface area (TPSA) is 17.1 Å². The van der Waals surface area contributed by atoms with Crippen LogP contribution in [0, 0.1) is 0 Å². The summed E-state index contributed by atoms with van der Waals surface area (Å²) in [6, 6.07) is 0. The third-order valence-corrected chi connectivity index (χ3v) is 1.49. The molecule has 0 spiro atoms. The summed E-state index contributed by atoms with van der Waals surface area (Å²) >= 11 is 0. The van der Waals surface area contributed by atoms with E-state index in [1.54, 1.807) is 6.08 Å². The average Bonchev–Trinajstić information content (AvgIpc) is 1.99. The van der Waals surface area contributed by atoms with Crippen LogP contribution >= 0.6 is 0 Å². The van der Waals surface area contributed by atoms with E-state index in [4.69, 9.17) is 0 Å². The Hall–Kier alpha value is -0.850. The van der Waals surface area contributed by atoms with Gasteiger partial charge in [0.1, 0.15) is 5.78 Å². The quantitative estimate of drug-likeness (QED) is 0.405. The molecule has 1 nitrogen and oxygen atoms in total. The van der Waals surface area contributed by atoms with Crippen molar-refractivity contribution in [3.05, 3.63) is 25.3 Å². The molecule has 0 aliphatic rings. The van der Waals surface area contributed by atoms with Gasteiger partial charge >= 0.3 is 0 Å². The molecule has 0 atom stereocenters. The van der Waals surface area contributed by atoms with Crippen LogP contribution in [-0.2, 0) is 4.79 Å². The minimum atomic E-state index is 0.295. The Morgan fingerprint density at radius 3 is 2.45 bits per heavy atom. The van der Waals surface area contributed by atoms with Crippen molar-refractivity contribution in [3.63, 3.8) is 0 Å². The zero-order valence-electron chi connectivity index (χ0n) is 7.01. The molecule has 0 radical (unpaired) electrons. The molecule has 0 N–H and O–H groups in total. The van der Waals surface area contributed by atoms with Crippen LogP contribution in [0.4, 0.5) is 0 Å². The van der Waals surface area contributed by atoms with E-state index >= 15 is 0 Å². The second-order valence-corrected chi connectivity index (χ2v) is 2.57. The number of carbonyl (C=O) groups is 1. The van der Waals surface area contributed by atoms with E-state index in [0.29, 0.717) is 18.6 Å². The molecule has 0 aromatic heterocycles. The summed E-state index contributed by atoms with van der Waals surface area (Å²) in [6.07, 6.45) is 7.84. The summed E-state index contributed by atoms with van der Waals surface area (Å²) in [6.45, 7) is 7.12. The maximum atomic E-state index is 10.9. The molecule has 0 aromatic carbocycles. The highest BCUT2D eigenvalue weighted by molar-refractivity contribution is 5.79. The van der Waals surface area contributed by atoms with Crippen molar-refractivity contribution in [1.82, 2.24) is 0 Å². The number of carbonyl (C=O) groups excluding carboxylic acids is 1. The van der Waals surface area contributed by atoms with Crippen LogP contribution in [0.2, 0.25) is 0 Å². The normalized spacial score (nSPS) is 9.09. The maximum absolute atomic E-state index is 10.9. The summed E-state index contributed by atoms with van der Waals surface area (Å²) in [5.41, 5.74) is 0. The van der Waals surface area contributed by atoms with E-state index in [2.05, 4.69) is 13.2 Å². The molecule has 0 heterocycles. The average molecular weight is 152 g/mol. The lowest BCUT2D eigenvalue weighted by Gasteiger charge is -1.95. The van der Waals surface area contributed by atoms with Gasteiger partial charge in [0, 0.05) is 12.8 Å². The first kappa shape index (κ1) is 10.2. The van der Waals surface area contributed by atoms with Crippen molar-refractivity contribution in [1.29, 1.82) is 0 Å². The van der Waals surface area contributed by atoms with Gasteiger partial charge in [-0.15, -0.1) is 13.2 Å². The van der Waals surface area contributed by atoms with Crippen molar-refractivity contribution in [2.75, 3.05) is 0 Å². The van der Waals surface area contributed by atoms with Gasteiger partial charge in [-0.05, 0) is 19.3 Å². The van der Waals surface area contributed by atoms with Gasteiger partial charge in [-0.1, -0.05) is 12.2 Å². The Morgan fingerprint density at radius 2 is 1.91 bits per heavy atom. The number of unbranched alkanes of at least 4 members (excludes halogenated alkanes) is 2. The molecular weight excluding hydrogens is 136 g/mol. The number of allylic oxidation sites excluding steroid dienone is 2. The van der Waals surface area contributed by atoms with E-state index in [1.165, 1.54) is 0 Å². The van der Waals surface area contributed by atoms with Gasteiger partial charge in [0.05, 0.1) is 0 Å². The lowest BCUT2D eigenvalue weighted by atomic mass is 10.1. The van der Waals surface area contributed by atoms with Crippen LogP contribution in [0.25, 0.3) is 0 Å². The molecule has 0 aliphatic heterocycles. The van der Waals surface area contributed by atoms with E-state index < -0.39 is 0 Å². The summed E-state index contributed by atoms with van der Waals surface area (Å²) in [7, 11) is 0. The van der Waals surface area contributed by atoms with Crippen molar-refractivity contribution >= 4 is 5.78 Å². The smallest absolute Gasteiger partial charge is 0.136 e. The standard InChI is InChI=1S/C10H16O/c1-3-5-6-7-9-10(11)8-4-2/h3-4H,1-2,5-9H2. The zero-order chi connectivity index (χ0) is 8.53. The van der Waals surface area contributed by atoms with E-state index in [1.807, 2.05) is 6.08 Å². The molecular formula is C10H16O. The van der Waals surface area contributed by atoms with Crippen molar-refractivity contribution in [2.24, 2.45) is 0 Å². The Labute approximate surface area is 68.8 Å². The van der Waals surface area contributed by atoms with Crippen molar-refractivity contribution in [3.8, 4) is 0 Å². The van der Waals surface area contributed by atoms with Crippen LogP contribution in [0.3, 0.4) is 0 Å². The number of hydrogen-bond acceptors (Lipinski definition) is 1. The van der Waals surface area contributed by atoms with Gasteiger partial charge in [-0.2, -0.15) is 0 Å². The minimum absolute atomic E-state index is 0.295. The van der Waals surface area contributed by atoms with E-state index in [9.17, 15) is 4.79 Å².